The minimum atomic E-state index is -5.34. The number of hydrogen-bond donors (Lipinski definition) is 9. The average Bonchev–Trinajstić information content (AvgIpc) is 1.70. The number of anilines is 1. The number of aromatic amines is 1. The summed E-state index contributed by atoms with van der Waals surface area (Å²) in [5, 5.41) is 91.8. The first kappa shape index (κ1) is 64.4. The number of carbonyl (C=O) groups is 4. The van der Waals surface area contributed by atoms with Gasteiger partial charge in [-0.2, -0.15) is 0 Å². The number of aliphatic hydroxyl groups excluding tert-OH is 8. The fourth-order valence-corrected chi connectivity index (χ4v) is 11.5. The van der Waals surface area contributed by atoms with Crippen molar-refractivity contribution >= 4 is 73.0 Å². The Morgan fingerprint density at radius 3 is 2.09 bits per heavy atom. The molecule has 32 heteroatoms. The van der Waals surface area contributed by atoms with Gasteiger partial charge < -0.3 is 97.2 Å². The molecule has 11 atom stereocenters. The van der Waals surface area contributed by atoms with E-state index in [0.717, 1.165) is 17.0 Å². The Kier molecular flexibility index (Phi) is 20.0. The van der Waals surface area contributed by atoms with Crippen molar-refractivity contribution in [2.45, 2.75) is 80.3 Å². The van der Waals surface area contributed by atoms with Crippen LogP contribution in [0.2, 0.25) is 0 Å². The number of likely N-dealkylation sites (N-methyl/N-ethyl adjacent to an activating group) is 1. The normalized spacial score (nSPS) is 24.4. The van der Waals surface area contributed by atoms with Gasteiger partial charge in [-0.05, 0) is 71.6 Å². The highest BCUT2D eigenvalue weighted by Gasteiger charge is 2.47. The Morgan fingerprint density at radius 1 is 0.742 bits per heavy atom. The number of amides is 4. The number of halogens is 1. The predicted octanol–water partition coefficient (Wildman–Crippen LogP) is -0.763. The van der Waals surface area contributed by atoms with Crippen LogP contribution in [0.5, 0.6) is 28.7 Å². The van der Waals surface area contributed by atoms with Crippen molar-refractivity contribution in [3.63, 3.8) is 0 Å². The number of alkyl halides is 1. The second kappa shape index (κ2) is 27.6. The zero-order valence-electron chi connectivity index (χ0n) is 47.6. The zero-order chi connectivity index (χ0) is 63.4. The number of imide groups is 1. The lowest BCUT2D eigenvalue weighted by molar-refractivity contribution is -0.277. The number of aromatic nitrogens is 4. The van der Waals surface area contributed by atoms with Crippen LogP contribution in [-0.2, 0) is 51.9 Å². The summed E-state index contributed by atoms with van der Waals surface area (Å²) in [6.45, 7) is -0.368. The fraction of sp³-hybridized carbons (Fsp3) is 0.439. The number of methoxy groups -OCH3 is 1. The summed E-state index contributed by atoms with van der Waals surface area (Å²) in [6.07, 6.45) is -12.1. The summed E-state index contributed by atoms with van der Waals surface area (Å²) in [5.74, 6) is -3.55. The van der Waals surface area contributed by atoms with Crippen molar-refractivity contribution < 1.29 is 110 Å². The zero-order valence-corrected chi connectivity index (χ0v) is 49.2. The number of nitrogens with one attached hydrogen (secondary N) is 1. The number of nitrogens with zero attached hydrogens (tertiary/aromatic N) is 6. The molecule has 2 aromatic heterocycles. The van der Waals surface area contributed by atoms with Gasteiger partial charge in [0.2, 0.25) is 12.6 Å². The quantitative estimate of drug-likeness (QED) is 0.0183. The van der Waals surface area contributed by atoms with Crippen LogP contribution in [0.15, 0.2) is 85.1 Å². The van der Waals surface area contributed by atoms with Crippen LogP contribution < -0.4 is 27.5 Å². The average molecular weight is 1280 g/mol. The van der Waals surface area contributed by atoms with E-state index >= 15 is 0 Å². The largest absolute Gasteiger partial charge is 0.501 e. The number of hydrogen-bond acceptors (Lipinski definition) is 25. The monoisotopic (exact) mass is 1280 g/mol. The molecule has 6 heterocycles. The summed E-state index contributed by atoms with van der Waals surface area (Å²) in [7, 11) is -2.45. The number of ether oxygens (including phenoxy) is 7. The minimum absolute atomic E-state index is 0.00550. The third-order valence-corrected chi connectivity index (χ3v) is 16.4. The topological polar surface area (TPSA) is 404 Å². The van der Waals surface area contributed by atoms with E-state index in [4.69, 9.17) is 53.1 Å². The first-order chi connectivity index (χ1) is 42.7. The molecule has 2 unspecified atom stereocenters. The van der Waals surface area contributed by atoms with Crippen LogP contribution in [0.3, 0.4) is 0 Å². The number of H-pyrrole nitrogens is 1. The van der Waals surface area contributed by atoms with Gasteiger partial charge in [-0.3, -0.25) is 24.1 Å². The smallest absolute Gasteiger partial charge is 0.497 e. The number of rotatable bonds is 26. The van der Waals surface area contributed by atoms with E-state index in [9.17, 15) is 68.4 Å². The van der Waals surface area contributed by atoms with Gasteiger partial charge >= 0.3 is 10.4 Å². The van der Waals surface area contributed by atoms with Crippen LogP contribution in [0.1, 0.15) is 38.0 Å². The minimum Gasteiger partial charge on any atom is -0.497 e. The van der Waals surface area contributed by atoms with Gasteiger partial charge in [-0.1, -0.05) is 5.21 Å². The van der Waals surface area contributed by atoms with Crippen LogP contribution in [-0.4, -0.2) is 243 Å². The van der Waals surface area contributed by atoms with E-state index in [1.54, 1.807) is 29.1 Å². The number of carbonyl (C=O) groups excluding carboxylic acids is 4. The van der Waals surface area contributed by atoms with Crippen LogP contribution in [0.25, 0.3) is 21.7 Å². The molecule has 0 aliphatic carbocycles. The predicted molar refractivity (Wildman–Crippen MR) is 308 cm³/mol. The van der Waals surface area contributed by atoms with E-state index in [-0.39, 0.29) is 97.6 Å². The molecular weight excluding hydrogens is 1220 g/mol. The van der Waals surface area contributed by atoms with Gasteiger partial charge in [0.1, 0.15) is 66.0 Å². The maximum absolute atomic E-state index is 14.7. The molecule has 2 saturated heterocycles. The van der Waals surface area contributed by atoms with E-state index in [2.05, 4.69) is 15.3 Å². The molecule has 4 aliphatic heterocycles. The Hall–Kier alpha value is -7.60. The maximum atomic E-state index is 14.7. The molecule has 10 rings (SSSR count). The third kappa shape index (κ3) is 14.1. The van der Waals surface area contributed by atoms with Crippen molar-refractivity contribution in [1.82, 2.24) is 29.8 Å². The van der Waals surface area contributed by atoms with Gasteiger partial charge in [0.15, 0.2) is 17.2 Å². The van der Waals surface area contributed by atoms with Crippen molar-refractivity contribution in [2.24, 2.45) is 0 Å². The third-order valence-electron chi connectivity index (χ3n) is 15.3. The summed E-state index contributed by atoms with van der Waals surface area (Å²) in [6, 6.07) is 15.5. The molecule has 4 aromatic carbocycles. The molecule has 89 heavy (non-hydrogen) atoms. The number of aliphatic hydroxyl groups is 8. The molecule has 478 valence electrons. The first-order valence-corrected chi connectivity index (χ1v) is 29.8. The van der Waals surface area contributed by atoms with Crippen LogP contribution in [0, 0.1) is 0 Å². The first-order valence-electron chi connectivity index (χ1n) is 27.9. The molecule has 0 radical (unpaired) electrons. The lowest BCUT2D eigenvalue weighted by Crippen LogP contribution is -2.60. The maximum Gasteiger partial charge on any atom is 0.501 e. The van der Waals surface area contributed by atoms with Crippen LogP contribution >= 0.6 is 11.6 Å². The van der Waals surface area contributed by atoms with Gasteiger partial charge in [-0.25, -0.2) is 4.68 Å². The summed E-state index contributed by atoms with van der Waals surface area (Å²) >= 11 is 6.60. The van der Waals surface area contributed by atoms with E-state index in [1.807, 2.05) is 0 Å². The molecule has 0 saturated carbocycles. The molecule has 2 fully saturated rings. The lowest BCUT2D eigenvalue weighted by atomic mass is 9.95. The van der Waals surface area contributed by atoms with Crippen molar-refractivity contribution in [3.8, 4) is 28.7 Å². The van der Waals surface area contributed by atoms with E-state index in [1.165, 1.54) is 72.5 Å². The van der Waals surface area contributed by atoms with Crippen molar-refractivity contribution in [2.75, 3.05) is 84.2 Å². The molecule has 4 aliphatic rings. The van der Waals surface area contributed by atoms with Gasteiger partial charge in [0.25, 0.3) is 23.6 Å². The molecular formula is C57H64ClN7O23S. The highest BCUT2D eigenvalue weighted by molar-refractivity contribution is 7.82. The summed E-state index contributed by atoms with van der Waals surface area (Å²) < 4.78 is 81.4. The van der Waals surface area contributed by atoms with Crippen molar-refractivity contribution in [1.29, 1.82) is 0 Å². The highest BCUT2D eigenvalue weighted by atomic mass is 35.5. The lowest BCUT2D eigenvalue weighted by Gasteiger charge is -2.39. The number of benzene rings is 4. The van der Waals surface area contributed by atoms with Gasteiger partial charge in [-0.15, -0.1) is 25.1 Å². The van der Waals surface area contributed by atoms with E-state index < -0.39 is 114 Å². The second-order valence-electron chi connectivity index (χ2n) is 21.1. The van der Waals surface area contributed by atoms with Crippen LogP contribution in [0.4, 0.5) is 5.69 Å². The SMILES string of the molecule is COc1ccc2c(OS(=O)(=O)Oc3cc(C(=O)N(C)CCOCCn4cc(CCOCCN5C(=O)C=CC5=O)nn4)ccc3O[C@@H]3O[C@H](CO)[C@H](O)[C@H](O)C3O)cc3c(c2c1)[C@H](CCl)CN3C(=O)c1cc2cc(OC3O[C@H](CO)[C@H](O)[C@H](O)[C@H]3O)ccc2[nH]1. The van der Waals surface area contributed by atoms with Gasteiger partial charge in [0.05, 0.1) is 71.2 Å². The summed E-state index contributed by atoms with van der Waals surface area (Å²) in [4.78, 5) is 59.0. The second-order valence-corrected chi connectivity index (χ2v) is 22.6. The molecule has 4 amide bonds. The van der Waals surface area contributed by atoms with Gasteiger partial charge in [0, 0.05) is 84.6 Å². The standard InChI is InChI=1S/C57H64ClN7O23S/c1-62(12-16-82-17-13-63-26-32(60-61-63)11-15-81-18-14-64-45(68)9-10-46(64)69)54(76)29-3-8-40(84-57-53(75)51(73)49(71)44(28-67)86-57)42(21-29)88-89(78,79)87-41-23-39-47(36-22-33(80-2)4-6-35(36)41)31(24-58)25-65(39)55(77)38-20-30-19-34(5-7-37(30)59-38)83-56-52(74)50(72)48(70)43(27-66)85-56/h3-10,19-23,26,31,43-44,48-53,56-57,59,66-67,70-75H,11-18,24-25,27-28H2,1-2H3/t31-,43-,44-,48+,49+,50+,51+,52-,53?,56?,57-/m1/s1. The molecule has 9 N–H and O–H groups in total. The Bertz CT molecular complexity index is 3700. The fourth-order valence-electron chi connectivity index (χ4n) is 10.5. The Balaban J connectivity index is 0.852. The molecule has 6 aromatic rings. The Labute approximate surface area is 511 Å². The molecule has 0 bridgehead atoms. The Morgan fingerprint density at radius 2 is 1.40 bits per heavy atom. The molecule has 0 spiro atoms. The van der Waals surface area contributed by atoms with E-state index in [0.29, 0.717) is 46.3 Å². The number of fused-ring (bicyclic) bond motifs is 4. The highest BCUT2D eigenvalue weighted by Crippen LogP contribution is 2.48. The van der Waals surface area contributed by atoms with Crippen molar-refractivity contribution in [3.05, 3.63) is 108 Å². The summed E-state index contributed by atoms with van der Waals surface area (Å²) in [5.41, 5.74) is 1.76. The molecule has 30 nitrogen and oxygen atoms in total.